The summed E-state index contributed by atoms with van der Waals surface area (Å²) in [5, 5.41) is 11.6. The molecule has 0 radical (unpaired) electrons. The van der Waals surface area contributed by atoms with Crippen LogP contribution < -0.4 is 5.32 Å². The Kier molecular flexibility index (Phi) is 3.87. The molecule has 2 aromatic rings. The highest BCUT2D eigenvalue weighted by Gasteiger charge is 2.07. The van der Waals surface area contributed by atoms with Crippen molar-refractivity contribution >= 4 is 0 Å². The molecule has 17 heavy (non-hydrogen) atoms. The van der Waals surface area contributed by atoms with Crippen LogP contribution in [0.25, 0.3) is 0 Å². The van der Waals surface area contributed by atoms with Gasteiger partial charge in [0.05, 0.1) is 5.69 Å². The normalized spacial score (nSPS) is 10.9. The minimum Gasteiger partial charge on any atom is -0.314 e. The number of hydrogen-bond donors (Lipinski definition) is 1. The molecule has 2 aromatic heterocycles. The van der Waals surface area contributed by atoms with Gasteiger partial charge in [-0.05, 0) is 19.5 Å². The van der Waals surface area contributed by atoms with Gasteiger partial charge in [-0.2, -0.15) is 10.2 Å². The standard InChI is InChI=1S/C11H18N6/c1-3-6-16-11(13-9-15-16)8-17-10(7-12-2)4-5-14-17/h4-5,9,12H,3,6-8H2,1-2H3. The summed E-state index contributed by atoms with van der Waals surface area (Å²) in [5.74, 6) is 0.952. The first-order valence-electron chi connectivity index (χ1n) is 5.87. The van der Waals surface area contributed by atoms with Crippen molar-refractivity contribution in [2.24, 2.45) is 0 Å². The molecule has 2 heterocycles. The van der Waals surface area contributed by atoms with E-state index in [1.165, 1.54) is 0 Å². The highest BCUT2D eigenvalue weighted by molar-refractivity contribution is 5.02. The summed E-state index contributed by atoms with van der Waals surface area (Å²) in [5.41, 5.74) is 1.15. The van der Waals surface area contributed by atoms with Crippen LogP contribution in [0.1, 0.15) is 24.9 Å². The molecule has 0 saturated carbocycles. The van der Waals surface area contributed by atoms with Crippen LogP contribution in [0.4, 0.5) is 0 Å². The first-order valence-corrected chi connectivity index (χ1v) is 5.87. The monoisotopic (exact) mass is 234 g/mol. The van der Waals surface area contributed by atoms with Crippen LogP contribution >= 0.6 is 0 Å². The van der Waals surface area contributed by atoms with Gasteiger partial charge in [0, 0.05) is 19.3 Å². The molecule has 0 aliphatic heterocycles. The lowest BCUT2D eigenvalue weighted by molar-refractivity contribution is 0.527. The molecule has 0 bridgehead atoms. The summed E-state index contributed by atoms with van der Waals surface area (Å²) in [7, 11) is 1.93. The fourth-order valence-electron chi connectivity index (χ4n) is 1.78. The molecule has 0 fully saturated rings. The van der Waals surface area contributed by atoms with Crippen molar-refractivity contribution in [1.29, 1.82) is 0 Å². The van der Waals surface area contributed by atoms with Crippen LogP contribution in [-0.2, 0) is 19.6 Å². The van der Waals surface area contributed by atoms with E-state index in [2.05, 4.69) is 27.4 Å². The van der Waals surface area contributed by atoms with Crippen LogP contribution in [0.2, 0.25) is 0 Å². The number of nitrogens with zero attached hydrogens (tertiary/aromatic N) is 5. The Morgan fingerprint density at radius 2 is 2.18 bits per heavy atom. The predicted octanol–water partition coefficient (Wildman–Crippen LogP) is 0.652. The summed E-state index contributed by atoms with van der Waals surface area (Å²) in [4.78, 5) is 4.28. The van der Waals surface area contributed by atoms with Crippen LogP contribution in [0.3, 0.4) is 0 Å². The zero-order valence-electron chi connectivity index (χ0n) is 10.3. The largest absolute Gasteiger partial charge is 0.314 e. The molecular formula is C11H18N6. The topological polar surface area (TPSA) is 60.6 Å². The van der Waals surface area contributed by atoms with Gasteiger partial charge in [0.25, 0.3) is 0 Å². The molecule has 0 amide bonds. The molecule has 0 saturated heterocycles. The first-order chi connectivity index (χ1) is 8.35. The average molecular weight is 234 g/mol. The van der Waals surface area contributed by atoms with Crippen LogP contribution in [0.15, 0.2) is 18.6 Å². The van der Waals surface area contributed by atoms with E-state index < -0.39 is 0 Å². The van der Waals surface area contributed by atoms with Gasteiger partial charge in [-0.3, -0.25) is 4.68 Å². The molecule has 0 unspecified atom stereocenters. The lowest BCUT2D eigenvalue weighted by Gasteiger charge is -2.08. The maximum atomic E-state index is 4.31. The predicted molar refractivity (Wildman–Crippen MR) is 64.4 cm³/mol. The molecule has 92 valence electrons. The molecule has 0 spiro atoms. The van der Waals surface area contributed by atoms with Gasteiger partial charge in [0.1, 0.15) is 18.7 Å². The second-order valence-corrected chi connectivity index (χ2v) is 3.91. The fourth-order valence-corrected chi connectivity index (χ4v) is 1.78. The van der Waals surface area contributed by atoms with E-state index in [4.69, 9.17) is 0 Å². The summed E-state index contributed by atoms with van der Waals surface area (Å²) in [6, 6.07) is 2.01. The van der Waals surface area contributed by atoms with Crippen LogP contribution in [0.5, 0.6) is 0 Å². The number of hydrogen-bond acceptors (Lipinski definition) is 4. The number of nitrogens with one attached hydrogen (secondary N) is 1. The lowest BCUT2D eigenvalue weighted by atomic mass is 10.4. The number of aromatic nitrogens is 5. The Labute approximate surface area is 101 Å². The van der Waals surface area contributed by atoms with Crippen molar-refractivity contribution in [2.45, 2.75) is 33.0 Å². The average Bonchev–Trinajstić information content (AvgIpc) is 2.92. The molecule has 0 aromatic carbocycles. The SMILES string of the molecule is CCCn1ncnc1Cn1nccc1CNC. The molecule has 6 heteroatoms. The Balaban J connectivity index is 2.13. The first kappa shape index (κ1) is 11.8. The van der Waals surface area contributed by atoms with E-state index in [1.54, 1.807) is 6.33 Å². The van der Waals surface area contributed by atoms with Crippen molar-refractivity contribution in [3.63, 3.8) is 0 Å². The Morgan fingerprint density at radius 3 is 2.94 bits per heavy atom. The second-order valence-electron chi connectivity index (χ2n) is 3.91. The van der Waals surface area contributed by atoms with Crippen molar-refractivity contribution in [3.8, 4) is 0 Å². The molecule has 1 N–H and O–H groups in total. The highest BCUT2D eigenvalue weighted by Crippen LogP contribution is 2.03. The third-order valence-corrected chi connectivity index (χ3v) is 2.58. The van der Waals surface area contributed by atoms with Gasteiger partial charge in [0.15, 0.2) is 0 Å². The zero-order chi connectivity index (χ0) is 12.1. The molecule has 2 rings (SSSR count). The highest BCUT2D eigenvalue weighted by atomic mass is 15.4. The van der Waals surface area contributed by atoms with Gasteiger partial charge in [0.2, 0.25) is 0 Å². The van der Waals surface area contributed by atoms with E-state index in [9.17, 15) is 0 Å². The van der Waals surface area contributed by atoms with E-state index in [-0.39, 0.29) is 0 Å². The van der Waals surface area contributed by atoms with Crippen molar-refractivity contribution < 1.29 is 0 Å². The van der Waals surface area contributed by atoms with E-state index in [0.717, 1.165) is 31.0 Å². The van der Waals surface area contributed by atoms with Crippen molar-refractivity contribution in [3.05, 3.63) is 30.1 Å². The lowest BCUT2D eigenvalue weighted by Crippen LogP contribution is -2.16. The molecule has 6 nitrogen and oxygen atoms in total. The smallest absolute Gasteiger partial charge is 0.148 e. The summed E-state index contributed by atoms with van der Waals surface area (Å²) in [6.45, 7) is 4.51. The van der Waals surface area contributed by atoms with Crippen molar-refractivity contribution in [1.82, 2.24) is 29.9 Å². The maximum Gasteiger partial charge on any atom is 0.148 e. The van der Waals surface area contributed by atoms with Crippen LogP contribution in [0, 0.1) is 0 Å². The quantitative estimate of drug-likeness (QED) is 0.797. The molecule has 0 aliphatic carbocycles. The third-order valence-electron chi connectivity index (χ3n) is 2.58. The Hall–Kier alpha value is -1.69. The fraction of sp³-hybridized carbons (Fsp3) is 0.545. The van der Waals surface area contributed by atoms with Crippen LogP contribution in [-0.4, -0.2) is 31.6 Å². The van der Waals surface area contributed by atoms with E-state index in [1.807, 2.05) is 28.7 Å². The molecular weight excluding hydrogens is 216 g/mol. The second kappa shape index (κ2) is 5.58. The minimum absolute atomic E-state index is 0.671. The van der Waals surface area contributed by atoms with E-state index >= 15 is 0 Å². The van der Waals surface area contributed by atoms with Gasteiger partial charge >= 0.3 is 0 Å². The Bertz CT molecular complexity index is 416. The van der Waals surface area contributed by atoms with E-state index in [0.29, 0.717) is 6.54 Å². The number of aryl methyl sites for hydroxylation is 1. The van der Waals surface area contributed by atoms with Gasteiger partial charge in [-0.15, -0.1) is 0 Å². The summed E-state index contributed by atoms with van der Waals surface area (Å²) >= 11 is 0. The summed E-state index contributed by atoms with van der Waals surface area (Å²) in [6.07, 6.45) is 4.47. The Morgan fingerprint density at radius 1 is 1.29 bits per heavy atom. The maximum absolute atomic E-state index is 4.31. The zero-order valence-corrected chi connectivity index (χ0v) is 10.3. The van der Waals surface area contributed by atoms with Gasteiger partial charge in [-0.25, -0.2) is 9.67 Å². The molecule has 0 atom stereocenters. The van der Waals surface area contributed by atoms with Gasteiger partial charge < -0.3 is 5.32 Å². The van der Waals surface area contributed by atoms with Gasteiger partial charge in [-0.1, -0.05) is 6.92 Å². The van der Waals surface area contributed by atoms with Crippen molar-refractivity contribution in [2.75, 3.05) is 7.05 Å². The molecule has 0 aliphatic rings. The summed E-state index contributed by atoms with van der Waals surface area (Å²) < 4.78 is 3.89. The third kappa shape index (κ3) is 2.71. The number of rotatable bonds is 6. The minimum atomic E-state index is 0.671.